The molecular weight excluding hydrogens is 456 g/mol. The van der Waals surface area contributed by atoms with Gasteiger partial charge in [0.2, 0.25) is 0 Å². The van der Waals surface area contributed by atoms with Crippen LogP contribution >= 0.6 is 0 Å². The van der Waals surface area contributed by atoms with Crippen molar-refractivity contribution < 1.29 is 14.0 Å². The Kier molecular flexibility index (Phi) is 11.3. The summed E-state index contributed by atoms with van der Waals surface area (Å²) in [4.78, 5) is 4.86. The topological polar surface area (TPSA) is 35.2 Å². The highest BCUT2D eigenvalue weighted by Crippen LogP contribution is 2.38. The van der Waals surface area contributed by atoms with Gasteiger partial charge in [-0.1, -0.05) is 97.5 Å². The Labute approximate surface area is 228 Å². The maximum absolute atomic E-state index is 6.48. The third-order valence-electron chi connectivity index (χ3n) is 8.54. The van der Waals surface area contributed by atoms with Gasteiger partial charge in [-0.25, -0.2) is 4.57 Å². The molecule has 0 spiro atoms. The van der Waals surface area contributed by atoms with Gasteiger partial charge in [0.05, 0.1) is 11.7 Å². The molecule has 37 heavy (non-hydrogen) atoms. The fraction of sp³-hybridized carbons (Fsp3) is 0.697. The highest BCUT2D eigenvalue weighted by atomic mass is 16.5. The van der Waals surface area contributed by atoms with Crippen molar-refractivity contribution in [3.8, 4) is 11.3 Å². The van der Waals surface area contributed by atoms with E-state index in [2.05, 4.69) is 104 Å². The van der Waals surface area contributed by atoms with Crippen LogP contribution in [0, 0.1) is 5.92 Å². The molecule has 2 rings (SSSR count). The molecule has 4 atom stereocenters. The summed E-state index contributed by atoms with van der Waals surface area (Å²) < 4.78 is 14.7. The predicted molar refractivity (Wildman–Crippen MR) is 156 cm³/mol. The summed E-state index contributed by atoms with van der Waals surface area (Å²) in [6.45, 7) is 23.1. The van der Waals surface area contributed by atoms with Gasteiger partial charge in [0.15, 0.2) is 12.4 Å². The summed E-state index contributed by atoms with van der Waals surface area (Å²) in [7, 11) is 1.83. The fourth-order valence-corrected chi connectivity index (χ4v) is 5.54. The standard InChI is InChI=1S/C33H55N2O2/c1-12-17-25(4)33(10,36-11)22-26(5)37-24-35-23-34-30(31(6,7)8)21-29(35)27-18-15-16-19-28(27)32(9,14-3)20-13-2/h15-16,18-19,21,23,25-26H,12-14,17,20,22,24H2,1-11H3/q+1. The molecule has 0 fully saturated rings. The van der Waals surface area contributed by atoms with E-state index in [0.717, 1.165) is 44.2 Å². The SMILES string of the molecule is CCCC(C)C(C)(CC(C)OC[n+]1cnc(C(C)(C)C)cc1-c1ccccc1C(C)(CC)CCC)OC. The molecule has 1 aromatic carbocycles. The lowest BCUT2D eigenvalue weighted by Gasteiger charge is -2.36. The second-order valence-corrected chi connectivity index (χ2v) is 12.6. The lowest BCUT2D eigenvalue weighted by Crippen LogP contribution is -2.43. The van der Waals surface area contributed by atoms with Crippen molar-refractivity contribution in [2.75, 3.05) is 7.11 Å². The number of ether oxygens (including phenoxy) is 2. The summed E-state index contributed by atoms with van der Waals surface area (Å²) >= 11 is 0. The van der Waals surface area contributed by atoms with Crippen molar-refractivity contribution in [1.29, 1.82) is 0 Å². The highest BCUT2D eigenvalue weighted by molar-refractivity contribution is 5.63. The van der Waals surface area contributed by atoms with Gasteiger partial charge in [-0.2, -0.15) is 0 Å². The van der Waals surface area contributed by atoms with Crippen molar-refractivity contribution in [3.63, 3.8) is 0 Å². The third kappa shape index (κ3) is 7.86. The maximum atomic E-state index is 6.48. The van der Waals surface area contributed by atoms with Gasteiger partial charge in [0.25, 0.3) is 6.33 Å². The first-order valence-electron chi connectivity index (χ1n) is 14.5. The molecule has 0 saturated carbocycles. The summed E-state index contributed by atoms with van der Waals surface area (Å²) in [5.41, 5.74) is 4.84. The molecule has 1 aromatic heterocycles. The Morgan fingerprint density at radius 3 is 2.22 bits per heavy atom. The summed E-state index contributed by atoms with van der Waals surface area (Å²) in [5.74, 6) is 0.474. The van der Waals surface area contributed by atoms with E-state index in [9.17, 15) is 0 Å². The van der Waals surface area contributed by atoms with E-state index in [1.54, 1.807) is 0 Å². The molecule has 0 amide bonds. The van der Waals surface area contributed by atoms with Gasteiger partial charge >= 0.3 is 0 Å². The monoisotopic (exact) mass is 511 g/mol. The van der Waals surface area contributed by atoms with Gasteiger partial charge in [-0.05, 0) is 50.0 Å². The van der Waals surface area contributed by atoms with E-state index in [1.165, 1.54) is 16.8 Å². The van der Waals surface area contributed by atoms with Crippen molar-refractivity contribution in [2.24, 2.45) is 5.92 Å². The minimum atomic E-state index is -0.201. The van der Waals surface area contributed by atoms with Crippen LogP contribution in [-0.2, 0) is 27.0 Å². The predicted octanol–water partition coefficient (Wildman–Crippen LogP) is 8.40. The van der Waals surface area contributed by atoms with E-state index in [-0.39, 0.29) is 22.5 Å². The smallest absolute Gasteiger partial charge is 0.288 e. The van der Waals surface area contributed by atoms with Crippen LogP contribution < -0.4 is 4.57 Å². The number of hydrogen-bond donors (Lipinski definition) is 0. The van der Waals surface area contributed by atoms with Gasteiger partial charge in [-0.15, -0.1) is 0 Å². The maximum Gasteiger partial charge on any atom is 0.288 e. The fourth-order valence-electron chi connectivity index (χ4n) is 5.54. The van der Waals surface area contributed by atoms with E-state index >= 15 is 0 Å². The van der Waals surface area contributed by atoms with Crippen LogP contribution in [0.3, 0.4) is 0 Å². The first-order valence-corrected chi connectivity index (χ1v) is 14.5. The number of benzene rings is 1. The Morgan fingerprint density at radius 2 is 1.65 bits per heavy atom. The molecule has 1 heterocycles. The van der Waals surface area contributed by atoms with Gasteiger partial charge < -0.3 is 9.47 Å². The Morgan fingerprint density at radius 1 is 0.973 bits per heavy atom. The van der Waals surface area contributed by atoms with E-state index in [4.69, 9.17) is 14.5 Å². The van der Waals surface area contributed by atoms with Crippen LogP contribution in [0.2, 0.25) is 0 Å². The number of hydrogen-bond acceptors (Lipinski definition) is 3. The molecule has 0 aliphatic heterocycles. The number of rotatable bonds is 14. The Balaban J connectivity index is 2.47. The molecule has 208 valence electrons. The molecule has 4 unspecified atom stereocenters. The van der Waals surface area contributed by atoms with Gasteiger partial charge in [0, 0.05) is 30.6 Å². The molecule has 0 radical (unpaired) electrons. The Bertz CT molecular complexity index is 983. The zero-order valence-corrected chi connectivity index (χ0v) is 25.8. The number of methoxy groups -OCH3 is 1. The van der Waals surface area contributed by atoms with Crippen LogP contribution in [0.15, 0.2) is 36.7 Å². The average Bonchev–Trinajstić information content (AvgIpc) is 2.87. The summed E-state index contributed by atoms with van der Waals surface area (Å²) in [6.07, 6.45) is 8.63. The first-order chi connectivity index (χ1) is 17.3. The lowest BCUT2D eigenvalue weighted by molar-refractivity contribution is -0.727. The molecule has 0 aliphatic rings. The van der Waals surface area contributed by atoms with Crippen LogP contribution in [0.4, 0.5) is 0 Å². The summed E-state index contributed by atoms with van der Waals surface area (Å²) in [6, 6.07) is 11.2. The molecule has 0 bridgehead atoms. The Hall–Kier alpha value is -1.78. The first kappa shape index (κ1) is 31.4. The number of aromatic nitrogens is 2. The van der Waals surface area contributed by atoms with Crippen LogP contribution in [0.25, 0.3) is 11.3 Å². The summed E-state index contributed by atoms with van der Waals surface area (Å²) in [5, 5.41) is 0. The molecule has 0 N–H and O–H groups in total. The van der Waals surface area contributed by atoms with Crippen molar-refractivity contribution in [3.05, 3.63) is 47.9 Å². The van der Waals surface area contributed by atoms with Crippen LogP contribution in [-0.4, -0.2) is 23.8 Å². The van der Waals surface area contributed by atoms with Crippen LogP contribution in [0.5, 0.6) is 0 Å². The second-order valence-electron chi connectivity index (χ2n) is 12.6. The molecular formula is C33H55N2O2+. The van der Waals surface area contributed by atoms with E-state index < -0.39 is 0 Å². The van der Waals surface area contributed by atoms with E-state index in [0.29, 0.717) is 12.6 Å². The molecule has 2 aromatic rings. The lowest BCUT2D eigenvalue weighted by atomic mass is 9.74. The van der Waals surface area contributed by atoms with Crippen molar-refractivity contribution in [2.45, 2.75) is 137 Å². The average molecular weight is 512 g/mol. The minimum absolute atomic E-state index is 0.0376. The molecule has 0 saturated heterocycles. The van der Waals surface area contributed by atoms with Crippen molar-refractivity contribution in [1.82, 2.24) is 4.98 Å². The largest absolute Gasteiger partial charge is 0.378 e. The zero-order chi connectivity index (χ0) is 27.9. The highest BCUT2D eigenvalue weighted by Gasteiger charge is 2.34. The van der Waals surface area contributed by atoms with Crippen molar-refractivity contribution >= 4 is 0 Å². The third-order valence-corrected chi connectivity index (χ3v) is 8.54. The normalized spacial score (nSPS) is 17.2. The van der Waals surface area contributed by atoms with Gasteiger partial charge in [-0.3, -0.25) is 0 Å². The quantitative estimate of drug-likeness (QED) is 0.239. The van der Waals surface area contributed by atoms with Crippen LogP contribution in [0.1, 0.15) is 119 Å². The molecule has 4 nitrogen and oxygen atoms in total. The molecule has 0 aliphatic carbocycles. The second kappa shape index (κ2) is 13.3. The van der Waals surface area contributed by atoms with E-state index in [1.807, 2.05) is 13.4 Å². The van der Waals surface area contributed by atoms with Gasteiger partial charge in [0.1, 0.15) is 5.69 Å². The number of nitrogens with zero attached hydrogens (tertiary/aromatic N) is 2. The minimum Gasteiger partial charge on any atom is -0.378 e. The zero-order valence-electron chi connectivity index (χ0n) is 25.8. The molecule has 4 heteroatoms.